The highest BCUT2D eigenvalue weighted by Gasteiger charge is 2.29. The second-order valence-electron chi connectivity index (χ2n) is 8.55. The summed E-state index contributed by atoms with van der Waals surface area (Å²) in [6, 6.07) is 19.5. The first kappa shape index (κ1) is 24.7. The van der Waals surface area contributed by atoms with Crippen molar-refractivity contribution in [3.05, 3.63) is 99.0 Å². The van der Waals surface area contributed by atoms with Crippen LogP contribution >= 0.6 is 23.2 Å². The highest BCUT2D eigenvalue weighted by Crippen LogP contribution is 2.30. The van der Waals surface area contributed by atoms with Gasteiger partial charge in [-0.1, -0.05) is 71.2 Å². The monoisotopic (exact) mass is 516 g/mol. The van der Waals surface area contributed by atoms with Crippen LogP contribution in [0.1, 0.15) is 41.1 Å². The number of sulfonamides is 1. The Hall–Kier alpha value is -2.38. The van der Waals surface area contributed by atoms with Crippen LogP contribution in [0.4, 0.5) is 0 Å². The van der Waals surface area contributed by atoms with E-state index in [1.54, 1.807) is 42.5 Å². The van der Waals surface area contributed by atoms with Crippen molar-refractivity contribution in [2.45, 2.75) is 43.7 Å². The Bertz CT molecular complexity index is 1290. The van der Waals surface area contributed by atoms with E-state index >= 15 is 0 Å². The Kier molecular flexibility index (Phi) is 7.63. The summed E-state index contributed by atoms with van der Waals surface area (Å²) in [5, 5.41) is 3.76. The van der Waals surface area contributed by atoms with Crippen molar-refractivity contribution < 1.29 is 13.2 Å². The first-order valence-electron chi connectivity index (χ1n) is 11.1. The molecule has 3 aromatic rings. The molecule has 1 aliphatic rings. The third-order valence-corrected chi connectivity index (χ3v) is 8.57. The first-order chi connectivity index (χ1) is 16.2. The molecule has 0 saturated heterocycles. The number of nitrogens with zero attached hydrogens (tertiary/aromatic N) is 1. The Labute approximate surface area is 210 Å². The van der Waals surface area contributed by atoms with E-state index in [-0.39, 0.29) is 29.9 Å². The molecule has 0 fully saturated rings. The Morgan fingerprint density at radius 1 is 1.03 bits per heavy atom. The normalized spacial score (nSPS) is 15.7. The third kappa shape index (κ3) is 5.63. The summed E-state index contributed by atoms with van der Waals surface area (Å²) in [6.07, 6.45) is 2.77. The van der Waals surface area contributed by atoms with Crippen molar-refractivity contribution in [3.8, 4) is 0 Å². The van der Waals surface area contributed by atoms with Gasteiger partial charge in [0, 0.05) is 6.54 Å². The zero-order valence-electron chi connectivity index (χ0n) is 18.8. The fourth-order valence-corrected chi connectivity index (χ4v) is 5.94. The van der Waals surface area contributed by atoms with E-state index in [4.69, 9.17) is 23.2 Å². The minimum atomic E-state index is -3.94. The van der Waals surface area contributed by atoms with E-state index in [9.17, 15) is 13.2 Å². The Balaban J connectivity index is 1.59. The Morgan fingerprint density at radius 2 is 1.76 bits per heavy atom. The van der Waals surface area contributed by atoms with Gasteiger partial charge in [-0.2, -0.15) is 4.31 Å². The van der Waals surface area contributed by atoms with Crippen LogP contribution in [0.5, 0.6) is 0 Å². The average Bonchev–Trinajstić information content (AvgIpc) is 2.81. The SMILES string of the molecule is Cc1ccc(S(=O)(=O)N(CC(=O)N[C@@H]2CCCc3ccccc32)Cc2ccc(Cl)c(Cl)c2)cc1. The standard InChI is InChI=1S/C26H26Cl2N2O3S/c1-18-9-12-21(13-10-18)34(32,33)30(16-19-11-14-23(27)24(28)15-19)17-26(31)29-25-8-4-6-20-5-2-3-7-22(20)25/h2-3,5,7,9-15,25H,4,6,8,16-17H2,1H3,(H,29,31)/t25-/m1/s1. The molecule has 5 nitrogen and oxygen atoms in total. The number of benzene rings is 3. The fraction of sp³-hybridized carbons (Fsp3) is 0.269. The number of nitrogens with one attached hydrogen (secondary N) is 1. The van der Waals surface area contributed by atoms with Gasteiger partial charge in [0.25, 0.3) is 0 Å². The van der Waals surface area contributed by atoms with E-state index in [0.29, 0.717) is 15.6 Å². The van der Waals surface area contributed by atoms with Crippen molar-refractivity contribution in [1.29, 1.82) is 0 Å². The number of hydrogen-bond donors (Lipinski definition) is 1. The molecule has 0 saturated carbocycles. The van der Waals surface area contributed by atoms with Gasteiger partial charge in [-0.25, -0.2) is 8.42 Å². The van der Waals surface area contributed by atoms with Crippen LogP contribution in [0, 0.1) is 6.92 Å². The molecule has 0 radical (unpaired) electrons. The molecule has 1 amide bonds. The summed E-state index contributed by atoms with van der Waals surface area (Å²) >= 11 is 12.2. The highest BCUT2D eigenvalue weighted by atomic mass is 35.5. The summed E-state index contributed by atoms with van der Waals surface area (Å²) in [5.41, 5.74) is 3.91. The summed E-state index contributed by atoms with van der Waals surface area (Å²) in [5.74, 6) is -0.350. The lowest BCUT2D eigenvalue weighted by atomic mass is 9.88. The molecule has 0 aliphatic heterocycles. The van der Waals surface area contributed by atoms with Gasteiger partial charge >= 0.3 is 0 Å². The molecule has 1 aliphatic carbocycles. The van der Waals surface area contributed by atoms with Crippen LogP contribution in [0.2, 0.25) is 10.0 Å². The van der Waals surface area contributed by atoms with Gasteiger partial charge in [-0.15, -0.1) is 0 Å². The summed E-state index contributed by atoms with van der Waals surface area (Å²) in [4.78, 5) is 13.2. The highest BCUT2D eigenvalue weighted by molar-refractivity contribution is 7.89. The van der Waals surface area contributed by atoms with Gasteiger partial charge in [-0.05, 0) is 67.1 Å². The fourth-order valence-electron chi connectivity index (χ4n) is 4.23. The molecule has 0 bridgehead atoms. The van der Waals surface area contributed by atoms with E-state index in [1.165, 1.54) is 9.87 Å². The maximum atomic E-state index is 13.5. The molecule has 4 rings (SSSR count). The predicted molar refractivity (Wildman–Crippen MR) is 136 cm³/mol. The van der Waals surface area contributed by atoms with Gasteiger partial charge in [0.2, 0.25) is 15.9 Å². The number of carbonyl (C=O) groups excluding carboxylic acids is 1. The van der Waals surface area contributed by atoms with E-state index < -0.39 is 10.0 Å². The van der Waals surface area contributed by atoms with Crippen molar-refractivity contribution in [2.24, 2.45) is 0 Å². The van der Waals surface area contributed by atoms with Gasteiger partial charge in [0.1, 0.15) is 0 Å². The number of carbonyl (C=O) groups is 1. The molecular formula is C26H26Cl2N2O3S. The van der Waals surface area contributed by atoms with E-state index in [2.05, 4.69) is 11.4 Å². The third-order valence-electron chi connectivity index (χ3n) is 6.03. The largest absolute Gasteiger partial charge is 0.348 e. The van der Waals surface area contributed by atoms with Crippen molar-refractivity contribution in [2.75, 3.05) is 6.54 Å². The second kappa shape index (κ2) is 10.5. The molecule has 1 N–H and O–H groups in total. The minimum absolute atomic E-state index is 0.0121. The molecule has 0 heterocycles. The van der Waals surface area contributed by atoms with Crippen LogP contribution in [-0.4, -0.2) is 25.2 Å². The van der Waals surface area contributed by atoms with E-state index in [1.807, 2.05) is 25.1 Å². The van der Waals surface area contributed by atoms with Crippen LogP contribution in [0.15, 0.2) is 71.6 Å². The molecule has 0 aromatic heterocycles. The number of halogens is 2. The molecule has 34 heavy (non-hydrogen) atoms. The zero-order valence-corrected chi connectivity index (χ0v) is 21.1. The molecule has 0 spiro atoms. The Morgan fingerprint density at radius 3 is 2.50 bits per heavy atom. The lowest BCUT2D eigenvalue weighted by Gasteiger charge is -2.28. The average molecular weight is 517 g/mol. The van der Waals surface area contributed by atoms with Crippen LogP contribution < -0.4 is 5.32 Å². The van der Waals surface area contributed by atoms with Crippen molar-refractivity contribution in [3.63, 3.8) is 0 Å². The lowest BCUT2D eigenvalue weighted by Crippen LogP contribution is -2.42. The molecular weight excluding hydrogens is 491 g/mol. The van der Waals surface area contributed by atoms with Crippen LogP contribution in [0.3, 0.4) is 0 Å². The molecule has 1 atom stereocenters. The summed E-state index contributed by atoms with van der Waals surface area (Å²) in [7, 11) is -3.94. The van der Waals surface area contributed by atoms with Gasteiger partial charge in [0.15, 0.2) is 0 Å². The molecule has 3 aromatic carbocycles. The maximum absolute atomic E-state index is 13.5. The predicted octanol–water partition coefficient (Wildman–Crippen LogP) is 5.69. The molecule has 0 unspecified atom stereocenters. The zero-order chi connectivity index (χ0) is 24.3. The summed E-state index contributed by atoms with van der Waals surface area (Å²) < 4.78 is 28.2. The van der Waals surface area contributed by atoms with Gasteiger partial charge in [-0.3, -0.25) is 4.79 Å². The number of rotatable bonds is 7. The van der Waals surface area contributed by atoms with Crippen LogP contribution in [0.25, 0.3) is 0 Å². The molecule has 8 heteroatoms. The van der Waals surface area contributed by atoms with Gasteiger partial charge in [0.05, 0.1) is 27.5 Å². The summed E-state index contributed by atoms with van der Waals surface area (Å²) in [6.45, 7) is 1.57. The number of amides is 1. The second-order valence-corrected chi connectivity index (χ2v) is 11.3. The molecule has 178 valence electrons. The van der Waals surface area contributed by atoms with E-state index in [0.717, 1.165) is 30.4 Å². The quantitative estimate of drug-likeness (QED) is 0.438. The maximum Gasteiger partial charge on any atom is 0.243 e. The topological polar surface area (TPSA) is 66.5 Å². The lowest BCUT2D eigenvalue weighted by molar-refractivity contribution is -0.122. The number of hydrogen-bond acceptors (Lipinski definition) is 3. The van der Waals surface area contributed by atoms with Gasteiger partial charge < -0.3 is 5.32 Å². The first-order valence-corrected chi connectivity index (χ1v) is 13.3. The van der Waals surface area contributed by atoms with Crippen molar-refractivity contribution >= 4 is 39.1 Å². The smallest absolute Gasteiger partial charge is 0.243 e. The van der Waals surface area contributed by atoms with Crippen molar-refractivity contribution in [1.82, 2.24) is 9.62 Å². The number of fused-ring (bicyclic) bond motifs is 1. The minimum Gasteiger partial charge on any atom is -0.348 e. The van der Waals surface area contributed by atoms with Crippen LogP contribution in [-0.2, 0) is 27.8 Å². The number of aryl methyl sites for hydroxylation is 2.